The summed E-state index contributed by atoms with van der Waals surface area (Å²) in [7, 11) is 0. The van der Waals surface area contributed by atoms with Gasteiger partial charge in [0.15, 0.2) is 0 Å². The third-order valence-corrected chi connectivity index (χ3v) is 7.50. The van der Waals surface area contributed by atoms with Crippen LogP contribution >= 0.6 is 0 Å². The molecule has 0 atom stereocenters. The summed E-state index contributed by atoms with van der Waals surface area (Å²) < 4.78 is 0. The molecule has 4 rings (SSSR count). The lowest BCUT2D eigenvalue weighted by molar-refractivity contribution is -0.130. The van der Waals surface area contributed by atoms with E-state index < -0.39 is 0 Å². The molecule has 3 heteroatoms. The molecule has 0 unspecified atom stereocenters. The van der Waals surface area contributed by atoms with Crippen molar-refractivity contribution in [2.45, 2.75) is 77.3 Å². The van der Waals surface area contributed by atoms with E-state index in [1.54, 1.807) is 0 Å². The molecule has 0 aromatic heterocycles. The third kappa shape index (κ3) is 3.09. The van der Waals surface area contributed by atoms with Crippen LogP contribution in [0.3, 0.4) is 0 Å². The Balaban J connectivity index is 1.46. The molecule has 1 amide bonds. The highest BCUT2D eigenvalue weighted by Crippen LogP contribution is 2.42. The van der Waals surface area contributed by atoms with E-state index in [4.69, 9.17) is 0 Å². The minimum Gasteiger partial charge on any atom is -0.351 e. The van der Waals surface area contributed by atoms with Gasteiger partial charge >= 0.3 is 0 Å². The molecule has 2 fully saturated rings. The number of carbonyl (C=O) groups is 1. The second-order valence-corrected chi connectivity index (χ2v) is 9.27. The zero-order valence-corrected chi connectivity index (χ0v) is 16.7. The molecule has 1 saturated carbocycles. The van der Waals surface area contributed by atoms with Gasteiger partial charge < -0.3 is 10.2 Å². The predicted molar refractivity (Wildman–Crippen MR) is 106 cm³/mol. The summed E-state index contributed by atoms with van der Waals surface area (Å²) in [5, 5.41) is 3.18. The van der Waals surface area contributed by atoms with Crippen LogP contribution in [0.15, 0.2) is 18.2 Å². The number of likely N-dealkylation sites (tertiary alicyclic amines) is 1. The molecule has 0 bridgehead atoms. The Morgan fingerprint density at radius 1 is 1.12 bits per heavy atom. The molecule has 26 heavy (non-hydrogen) atoms. The Morgan fingerprint density at radius 3 is 2.46 bits per heavy atom. The molecule has 2 heterocycles. The minimum absolute atomic E-state index is 0.261. The van der Waals surface area contributed by atoms with Crippen LogP contribution in [0.5, 0.6) is 0 Å². The second kappa shape index (κ2) is 6.99. The molecule has 3 aliphatic rings. The number of fused-ring (bicyclic) bond motifs is 2. The van der Waals surface area contributed by atoms with Gasteiger partial charge in [-0.05, 0) is 81.5 Å². The fraction of sp³-hybridized carbons (Fsp3) is 0.696. The highest BCUT2D eigenvalue weighted by Gasteiger charge is 2.46. The van der Waals surface area contributed by atoms with E-state index in [0.717, 1.165) is 43.8 Å². The van der Waals surface area contributed by atoms with Crippen molar-refractivity contribution in [3.63, 3.8) is 0 Å². The molecular formula is C23H34N2O. The number of rotatable bonds is 2. The Hall–Kier alpha value is -1.35. The summed E-state index contributed by atoms with van der Waals surface area (Å²) in [6, 6.07) is 7.41. The van der Waals surface area contributed by atoms with Crippen LogP contribution in [-0.4, -0.2) is 29.9 Å². The Morgan fingerprint density at radius 2 is 1.81 bits per heavy atom. The van der Waals surface area contributed by atoms with Crippen molar-refractivity contribution < 1.29 is 4.79 Å². The maximum atomic E-state index is 12.9. The Kier molecular flexibility index (Phi) is 4.85. The number of hydrogen-bond acceptors (Lipinski definition) is 2. The summed E-state index contributed by atoms with van der Waals surface area (Å²) >= 11 is 0. The molecule has 1 aromatic carbocycles. The van der Waals surface area contributed by atoms with Crippen molar-refractivity contribution in [2.24, 2.45) is 11.8 Å². The van der Waals surface area contributed by atoms with Crippen LogP contribution in [0, 0.1) is 18.8 Å². The van der Waals surface area contributed by atoms with Gasteiger partial charge in [0.1, 0.15) is 0 Å². The zero-order chi connectivity index (χ0) is 18.3. The van der Waals surface area contributed by atoms with E-state index in [9.17, 15) is 4.79 Å². The lowest BCUT2D eigenvalue weighted by Gasteiger charge is -2.47. The van der Waals surface area contributed by atoms with E-state index in [1.807, 2.05) is 0 Å². The first-order chi connectivity index (χ1) is 12.5. The number of benzene rings is 1. The van der Waals surface area contributed by atoms with Gasteiger partial charge in [0.2, 0.25) is 5.91 Å². The van der Waals surface area contributed by atoms with Crippen molar-refractivity contribution >= 4 is 5.91 Å². The third-order valence-electron chi connectivity index (χ3n) is 7.50. The number of carbonyl (C=O) groups excluding carboxylic acids is 1. The maximum absolute atomic E-state index is 12.9. The molecule has 3 nitrogen and oxygen atoms in total. The summed E-state index contributed by atoms with van der Waals surface area (Å²) in [5.41, 5.74) is 3.63. The van der Waals surface area contributed by atoms with E-state index >= 15 is 0 Å². The lowest BCUT2D eigenvalue weighted by Crippen LogP contribution is -2.56. The average Bonchev–Trinajstić information content (AvgIpc) is 2.65. The molecule has 2 aliphatic heterocycles. The summed E-state index contributed by atoms with van der Waals surface area (Å²) in [5.74, 6) is 2.00. The van der Waals surface area contributed by atoms with Gasteiger partial charge in [-0.2, -0.15) is 0 Å². The fourth-order valence-corrected chi connectivity index (χ4v) is 5.70. The average molecular weight is 355 g/mol. The van der Waals surface area contributed by atoms with Crippen molar-refractivity contribution in [3.8, 4) is 0 Å². The van der Waals surface area contributed by atoms with Crippen molar-refractivity contribution in [2.75, 3.05) is 13.1 Å². The predicted octanol–water partition coefficient (Wildman–Crippen LogP) is 4.17. The van der Waals surface area contributed by atoms with Gasteiger partial charge in [-0.15, -0.1) is 0 Å². The van der Waals surface area contributed by atoms with Gasteiger partial charge in [-0.3, -0.25) is 4.79 Å². The maximum Gasteiger partial charge on any atom is 0.231 e. The monoisotopic (exact) mass is 354 g/mol. The van der Waals surface area contributed by atoms with Crippen LogP contribution in [0.1, 0.15) is 69.1 Å². The van der Waals surface area contributed by atoms with Crippen LogP contribution in [-0.2, 0) is 16.8 Å². The number of amides is 1. The van der Waals surface area contributed by atoms with E-state index in [-0.39, 0.29) is 11.3 Å². The van der Waals surface area contributed by atoms with E-state index in [2.05, 4.69) is 49.2 Å². The first-order valence-electron chi connectivity index (χ1n) is 10.6. The molecule has 1 aliphatic carbocycles. The molecule has 1 N–H and O–H groups in total. The first-order valence-corrected chi connectivity index (χ1v) is 10.6. The zero-order valence-electron chi connectivity index (χ0n) is 16.7. The molecule has 142 valence electrons. The van der Waals surface area contributed by atoms with Gasteiger partial charge in [0.05, 0.1) is 5.41 Å². The summed E-state index contributed by atoms with van der Waals surface area (Å²) in [6.45, 7) is 9.71. The number of nitrogens with one attached hydrogen (secondary N) is 1. The topological polar surface area (TPSA) is 32.3 Å². The first kappa shape index (κ1) is 18.0. The second-order valence-electron chi connectivity index (χ2n) is 9.27. The quantitative estimate of drug-likeness (QED) is 0.864. The summed E-state index contributed by atoms with van der Waals surface area (Å²) in [6.07, 6.45) is 7.40. The van der Waals surface area contributed by atoms with Crippen molar-refractivity contribution in [3.05, 3.63) is 34.9 Å². The standard InChI is InChI=1S/C23H34N2O/c1-16(2)18-5-7-20(8-6-18)25-12-10-23(11-13-25)21-9-4-17(3)14-19(21)15-24-22(23)26/h4,9,14,16,18,20H,5-8,10-13,15H2,1-3H3,(H,24,26)/t18-,20+. The smallest absolute Gasteiger partial charge is 0.231 e. The number of piperidine rings is 1. The Labute approximate surface area is 158 Å². The molecule has 0 radical (unpaired) electrons. The highest BCUT2D eigenvalue weighted by atomic mass is 16.2. The summed E-state index contributed by atoms with van der Waals surface area (Å²) in [4.78, 5) is 15.6. The molecule has 1 spiro atoms. The van der Waals surface area contributed by atoms with Crippen LogP contribution in [0.4, 0.5) is 0 Å². The number of aryl methyl sites for hydroxylation is 1. The van der Waals surface area contributed by atoms with Crippen LogP contribution in [0.2, 0.25) is 0 Å². The molecular weight excluding hydrogens is 320 g/mol. The van der Waals surface area contributed by atoms with Gasteiger partial charge in [0.25, 0.3) is 0 Å². The highest BCUT2D eigenvalue weighted by molar-refractivity contribution is 5.90. The molecule has 1 saturated heterocycles. The SMILES string of the molecule is Cc1ccc2c(c1)CNC(=O)C21CCN([C@H]2CC[C@@H](C(C)C)CC2)CC1. The largest absolute Gasteiger partial charge is 0.351 e. The van der Waals surface area contributed by atoms with E-state index in [0.29, 0.717) is 6.54 Å². The van der Waals surface area contributed by atoms with Gasteiger partial charge in [-0.25, -0.2) is 0 Å². The van der Waals surface area contributed by atoms with Crippen LogP contribution < -0.4 is 5.32 Å². The van der Waals surface area contributed by atoms with Crippen LogP contribution in [0.25, 0.3) is 0 Å². The van der Waals surface area contributed by atoms with Crippen molar-refractivity contribution in [1.82, 2.24) is 10.2 Å². The lowest BCUT2D eigenvalue weighted by atomic mass is 9.68. The normalized spacial score (nSPS) is 28.8. The minimum atomic E-state index is -0.285. The number of hydrogen-bond donors (Lipinski definition) is 1. The van der Waals surface area contributed by atoms with Crippen molar-refractivity contribution in [1.29, 1.82) is 0 Å². The van der Waals surface area contributed by atoms with Gasteiger partial charge in [0, 0.05) is 12.6 Å². The van der Waals surface area contributed by atoms with Gasteiger partial charge in [-0.1, -0.05) is 37.6 Å². The number of nitrogens with zero attached hydrogens (tertiary/aromatic N) is 1. The fourth-order valence-electron chi connectivity index (χ4n) is 5.70. The van der Waals surface area contributed by atoms with E-state index in [1.165, 1.54) is 42.4 Å². The Bertz CT molecular complexity index is 665. The molecule has 1 aromatic rings.